The van der Waals surface area contributed by atoms with E-state index in [4.69, 9.17) is 9.47 Å². The highest BCUT2D eigenvalue weighted by Crippen LogP contribution is 2.39. The van der Waals surface area contributed by atoms with Gasteiger partial charge in [0.2, 0.25) is 0 Å². The van der Waals surface area contributed by atoms with Crippen LogP contribution in [-0.4, -0.2) is 42.9 Å². The SMILES string of the molecule is COC(=O)[C@@H]1Cc2cc(OCc3ccccc3)c(OS(=O)(=O)C(F)(F)F)cc2CN1Cc1ccccn1. The van der Waals surface area contributed by atoms with Gasteiger partial charge in [0.05, 0.1) is 12.8 Å². The van der Waals surface area contributed by atoms with Gasteiger partial charge < -0.3 is 13.7 Å². The number of nitrogens with zero attached hydrogens (tertiary/aromatic N) is 2. The van der Waals surface area contributed by atoms with E-state index < -0.39 is 33.4 Å². The number of ether oxygens (including phenoxy) is 2. The average Bonchev–Trinajstić information content (AvgIpc) is 2.87. The molecule has 37 heavy (non-hydrogen) atoms. The Morgan fingerprint density at radius 3 is 2.41 bits per heavy atom. The van der Waals surface area contributed by atoms with E-state index in [0.29, 0.717) is 22.4 Å². The van der Waals surface area contributed by atoms with Crippen LogP contribution in [-0.2, 0) is 45.8 Å². The molecule has 196 valence electrons. The van der Waals surface area contributed by atoms with Crippen LogP contribution in [0.25, 0.3) is 0 Å². The first-order chi connectivity index (χ1) is 17.6. The summed E-state index contributed by atoms with van der Waals surface area (Å²) in [5.41, 5.74) is -3.18. The predicted molar refractivity (Wildman–Crippen MR) is 126 cm³/mol. The van der Waals surface area contributed by atoms with Gasteiger partial charge in [0.25, 0.3) is 0 Å². The molecule has 1 aliphatic rings. The first-order valence-electron chi connectivity index (χ1n) is 11.1. The number of methoxy groups -OCH3 is 1. The van der Waals surface area contributed by atoms with Crippen LogP contribution < -0.4 is 8.92 Å². The fraction of sp³-hybridized carbons (Fsp3) is 0.280. The van der Waals surface area contributed by atoms with Gasteiger partial charge in [0.1, 0.15) is 12.6 Å². The number of rotatable bonds is 8. The maximum absolute atomic E-state index is 13.1. The minimum Gasteiger partial charge on any atom is -0.485 e. The third-order valence-electron chi connectivity index (χ3n) is 5.78. The van der Waals surface area contributed by atoms with E-state index in [-0.39, 0.29) is 31.9 Å². The number of carbonyl (C=O) groups excluding carboxylic acids is 1. The number of aromatic nitrogens is 1. The van der Waals surface area contributed by atoms with Gasteiger partial charge in [-0.3, -0.25) is 14.7 Å². The van der Waals surface area contributed by atoms with E-state index in [0.717, 1.165) is 0 Å². The van der Waals surface area contributed by atoms with Crippen molar-refractivity contribution in [3.05, 3.63) is 89.2 Å². The van der Waals surface area contributed by atoms with Crippen LogP contribution in [0.15, 0.2) is 66.9 Å². The molecule has 12 heteroatoms. The molecule has 0 N–H and O–H groups in total. The van der Waals surface area contributed by atoms with Crippen molar-refractivity contribution >= 4 is 16.1 Å². The standard InChI is InChI=1S/C25H23F3N2O6S/c1-34-24(31)21-11-18-12-22(35-16-17-7-3-2-4-8-17)23(36-37(32,33)25(26,27)28)13-19(18)14-30(21)15-20-9-5-6-10-29-20/h2-10,12-13,21H,11,14-16H2,1H3/t21-/m0/s1. The van der Waals surface area contributed by atoms with Crippen LogP contribution in [0.4, 0.5) is 13.2 Å². The van der Waals surface area contributed by atoms with E-state index in [1.807, 2.05) is 0 Å². The molecule has 0 fully saturated rings. The molecule has 2 aromatic carbocycles. The second-order valence-corrected chi connectivity index (χ2v) is 9.83. The van der Waals surface area contributed by atoms with Crippen LogP contribution in [0.1, 0.15) is 22.4 Å². The average molecular weight is 537 g/mol. The summed E-state index contributed by atoms with van der Waals surface area (Å²) < 4.78 is 78.1. The third-order valence-corrected chi connectivity index (χ3v) is 6.74. The van der Waals surface area contributed by atoms with Crippen LogP contribution >= 0.6 is 0 Å². The Bertz CT molecular complexity index is 1350. The van der Waals surface area contributed by atoms with E-state index in [2.05, 4.69) is 9.17 Å². The summed E-state index contributed by atoms with van der Waals surface area (Å²) in [6, 6.07) is 16.0. The molecule has 0 spiro atoms. The lowest BCUT2D eigenvalue weighted by Gasteiger charge is -2.35. The molecule has 1 aromatic heterocycles. The zero-order valence-corrected chi connectivity index (χ0v) is 20.5. The largest absolute Gasteiger partial charge is 0.534 e. The van der Waals surface area contributed by atoms with Crippen LogP contribution in [0, 0.1) is 0 Å². The minimum atomic E-state index is -5.95. The summed E-state index contributed by atoms with van der Waals surface area (Å²) in [5, 5.41) is 0. The van der Waals surface area contributed by atoms with Crippen molar-refractivity contribution in [2.45, 2.75) is 37.7 Å². The molecule has 3 aromatic rings. The molecule has 8 nitrogen and oxygen atoms in total. The number of carbonyl (C=O) groups is 1. The first-order valence-corrected chi connectivity index (χ1v) is 12.5. The first kappa shape index (κ1) is 26.4. The normalized spacial score (nSPS) is 16.1. The summed E-state index contributed by atoms with van der Waals surface area (Å²) in [5.74, 6) is -1.29. The molecule has 2 heterocycles. The number of pyridine rings is 1. The molecule has 0 radical (unpaired) electrons. The lowest BCUT2D eigenvalue weighted by molar-refractivity contribution is -0.148. The summed E-state index contributed by atoms with van der Waals surface area (Å²) in [6.07, 6.45) is 1.76. The topological polar surface area (TPSA) is 95.0 Å². The summed E-state index contributed by atoms with van der Waals surface area (Å²) in [6.45, 7) is 0.310. The van der Waals surface area contributed by atoms with E-state index in [1.54, 1.807) is 59.6 Å². The van der Waals surface area contributed by atoms with Crippen LogP contribution in [0.2, 0.25) is 0 Å². The van der Waals surface area contributed by atoms with Gasteiger partial charge in [-0.2, -0.15) is 21.6 Å². The number of alkyl halides is 3. The van der Waals surface area contributed by atoms with Crippen molar-refractivity contribution < 1.29 is 40.0 Å². The van der Waals surface area contributed by atoms with Crippen molar-refractivity contribution in [2.75, 3.05) is 7.11 Å². The fourth-order valence-corrected chi connectivity index (χ4v) is 4.42. The number of hydrogen-bond donors (Lipinski definition) is 0. The molecule has 0 saturated heterocycles. The quantitative estimate of drug-likeness (QED) is 0.242. The van der Waals surface area contributed by atoms with Crippen molar-refractivity contribution in [1.82, 2.24) is 9.88 Å². The van der Waals surface area contributed by atoms with Crippen molar-refractivity contribution in [1.29, 1.82) is 0 Å². The highest BCUT2D eigenvalue weighted by molar-refractivity contribution is 7.88. The lowest BCUT2D eigenvalue weighted by atomic mass is 9.93. The molecule has 1 atom stereocenters. The molecule has 4 rings (SSSR count). The molecule has 0 unspecified atom stereocenters. The second kappa shape index (κ2) is 10.8. The monoisotopic (exact) mass is 536 g/mol. The Kier molecular flexibility index (Phi) is 7.69. The molecule has 0 bridgehead atoms. The molecule has 0 amide bonds. The summed E-state index contributed by atoms with van der Waals surface area (Å²) in [7, 11) is -4.68. The minimum absolute atomic E-state index is 0.0473. The Morgan fingerprint density at radius 1 is 1.05 bits per heavy atom. The number of benzene rings is 2. The maximum Gasteiger partial charge on any atom is 0.534 e. The number of fused-ring (bicyclic) bond motifs is 1. The zero-order chi connectivity index (χ0) is 26.6. The van der Waals surface area contributed by atoms with E-state index >= 15 is 0 Å². The fourth-order valence-electron chi connectivity index (χ4n) is 3.96. The van der Waals surface area contributed by atoms with Gasteiger partial charge in [0.15, 0.2) is 11.5 Å². The smallest absolute Gasteiger partial charge is 0.485 e. The van der Waals surface area contributed by atoms with Gasteiger partial charge >= 0.3 is 21.6 Å². The summed E-state index contributed by atoms with van der Waals surface area (Å²) in [4.78, 5) is 18.6. The summed E-state index contributed by atoms with van der Waals surface area (Å²) >= 11 is 0. The Labute approximate surface area is 211 Å². The molecule has 0 saturated carbocycles. The maximum atomic E-state index is 13.1. The highest BCUT2D eigenvalue weighted by Gasteiger charge is 2.49. The van der Waals surface area contributed by atoms with Gasteiger partial charge in [-0.25, -0.2) is 0 Å². The number of esters is 1. The Balaban J connectivity index is 1.71. The third kappa shape index (κ3) is 6.20. The Morgan fingerprint density at radius 2 is 1.76 bits per heavy atom. The van der Waals surface area contributed by atoms with E-state index in [1.165, 1.54) is 19.2 Å². The zero-order valence-electron chi connectivity index (χ0n) is 19.6. The lowest BCUT2D eigenvalue weighted by Crippen LogP contribution is -2.45. The number of halogens is 3. The van der Waals surface area contributed by atoms with Crippen molar-refractivity contribution in [3.8, 4) is 11.5 Å². The van der Waals surface area contributed by atoms with Gasteiger partial charge in [-0.1, -0.05) is 36.4 Å². The van der Waals surface area contributed by atoms with Gasteiger partial charge in [0, 0.05) is 19.3 Å². The molecule has 1 aliphatic heterocycles. The van der Waals surface area contributed by atoms with E-state index in [9.17, 15) is 26.4 Å². The second-order valence-electron chi connectivity index (χ2n) is 8.29. The van der Waals surface area contributed by atoms with Crippen molar-refractivity contribution in [3.63, 3.8) is 0 Å². The van der Waals surface area contributed by atoms with Crippen LogP contribution in [0.3, 0.4) is 0 Å². The Hall–Kier alpha value is -3.64. The van der Waals surface area contributed by atoms with Crippen molar-refractivity contribution in [2.24, 2.45) is 0 Å². The van der Waals surface area contributed by atoms with Crippen LogP contribution in [0.5, 0.6) is 11.5 Å². The number of hydrogen-bond acceptors (Lipinski definition) is 8. The van der Waals surface area contributed by atoms with Gasteiger partial charge in [-0.05, 0) is 47.4 Å². The molecule has 0 aliphatic carbocycles. The molecular weight excluding hydrogens is 513 g/mol. The molecular formula is C25H23F3N2O6S. The van der Waals surface area contributed by atoms with Gasteiger partial charge in [-0.15, -0.1) is 0 Å². The predicted octanol–water partition coefficient (Wildman–Crippen LogP) is 3.99. The highest BCUT2D eigenvalue weighted by atomic mass is 32.2.